The quantitative estimate of drug-likeness (QED) is 0.647. The van der Waals surface area contributed by atoms with Crippen LogP contribution in [-0.2, 0) is 10.0 Å². The number of aromatic nitrogens is 2. The number of nitrogens with one attached hydrogen (secondary N) is 1. The second-order valence-electron chi connectivity index (χ2n) is 6.64. The van der Waals surface area contributed by atoms with Crippen LogP contribution in [0.1, 0.15) is 19.5 Å². The highest BCUT2D eigenvalue weighted by Crippen LogP contribution is 2.31. The van der Waals surface area contributed by atoms with Crippen molar-refractivity contribution in [2.45, 2.75) is 25.7 Å². The van der Waals surface area contributed by atoms with Crippen LogP contribution in [0.4, 0.5) is 11.8 Å². The summed E-state index contributed by atoms with van der Waals surface area (Å²) >= 11 is 3.36. The molecule has 1 aliphatic heterocycles. The second kappa shape index (κ2) is 9.27. The molecular formula is C19H26BrN5O3S. The zero-order valence-electron chi connectivity index (χ0n) is 16.9. The summed E-state index contributed by atoms with van der Waals surface area (Å²) in [6, 6.07) is 6.95. The van der Waals surface area contributed by atoms with Crippen molar-refractivity contribution in [2.75, 3.05) is 49.5 Å². The molecule has 0 saturated carbocycles. The van der Waals surface area contributed by atoms with E-state index >= 15 is 0 Å². The first-order valence-corrected chi connectivity index (χ1v) is 11.9. The van der Waals surface area contributed by atoms with E-state index in [0.29, 0.717) is 49.0 Å². The van der Waals surface area contributed by atoms with E-state index in [4.69, 9.17) is 4.74 Å². The molecule has 0 atom stereocenters. The van der Waals surface area contributed by atoms with Crippen molar-refractivity contribution in [2.24, 2.45) is 0 Å². The molecule has 8 nitrogen and oxygen atoms in total. The van der Waals surface area contributed by atoms with Crippen LogP contribution in [0, 0.1) is 6.92 Å². The summed E-state index contributed by atoms with van der Waals surface area (Å²) in [5.74, 6) is 1.77. The van der Waals surface area contributed by atoms with Gasteiger partial charge in [-0.05, 0) is 39.0 Å². The molecule has 1 saturated heterocycles. The lowest BCUT2D eigenvalue weighted by atomic mass is 10.3. The number of hydrogen-bond donors (Lipinski definition) is 1. The molecule has 2 heterocycles. The van der Waals surface area contributed by atoms with Gasteiger partial charge in [-0.1, -0.05) is 15.9 Å². The molecule has 3 rings (SSSR count). The first-order chi connectivity index (χ1) is 13.8. The van der Waals surface area contributed by atoms with Crippen LogP contribution in [0.25, 0.3) is 0 Å². The highest BCUT2D eigenvalue weighted by atomic mass is 79.9. The van der Waals surface area contributed by atoms with Gasteiger partial charge in [-0.2, -0.15) is 9.29 Å². The number of rotatable bonds is 7. The SMILES string of the molecule is CCNc1cc(C)nc(N2CCN(S(=O)(=O)c3cc(Br)ccc3OCC)CC2)n1. The third-order valence-corrected chi connectivity index (χ3v) is 6.96. The number of ether oxygens (including phenoxy) is 1. The van der Waals surface area contributed by atoms with Gasteiger partial charge in [0, 0.05) is 49.0 Å². The van der Waals surface area contributed by atoms with Gasteiger partial charge in [0.05, 0.1) is 6.61 Å². The van der Waals surface area contributed by atoms with Crippen molar-refractivity contribution in [3.63, 3.8) is 0 Å². The van der Waals surface area contributed by atoms with Crippen LogP contribution in [0.15, 0.2) is 33.6 Å². The topological polar surface area (TPSA) is 87.7 Å². The molecule has 0 amide bonds. The fraction of sp³-hybridized carbons (Fsp3) is 0.474. The van der Waals surface area contributed by atoms with E-state index in [1.54, 1.807) is 18.2 Å². The lowest BCUT2D eigenvalue weighted by molar-refractivity contribution is 0.327. The highest BCUT2D eigenvalue weighted by Gasteiger charge is 2.32. The predicted molar refractivity (Wildman–Crippen MR) is 117 cm³/mol. The van der Waals surface area contributed by atoms with Crippen molar-refractivity contribution < 1.29 is 13.2 Å². The van der Waals surface area contributed by atoms with Crippen LogP contribution in [-0.4, -0.2) is 62.0 Å². The molecule has 0 aliphatic carbocycles. The molecule has 0 bridgehead atoms. The van der Waals surface area contributed by atoms with E-state index in [9.17, 15) is 8.42 Å². The fourth-order valence-corrected chi connectivity index (χ4v) is 5.28. The molecule has 0 spiro atoms. The number of benzene rings is 1. The third kappa shape index (κ3) is 4.99. The number of piperazine rings is 1. The standard InChI is InChI=1S/C19H26BrN5O3S/c1-4-21-18-12-14(3)22-19(23-18)24-8-10-25(11-9-24)29(26,27)17-13-15(20)6-7-16(17)28-5-2/h6-7,12-13H,4-5,8-11H2,1-3H3,(H,21,22,23). The molecule has 10 heteroatoms. The minimum absolute atomic E-state index is 0.184. The van der Waals surface area contributed by atoms with Gasteiger partial charge >= 0.3 is 0 Å². The van der Waals surface area contributed by atoms with Gasteiger partial charge < -0.3 is 15.0 Å². The Morgan fingerprint density at radius 3 is 2.52 bits per heavy atom. The lowest BCUT2D eigenvalue weighted by Gasteiger charge is -2.34. The normalized spacial score (nSPS) is 15.4. The van der Waals surface area contributed by atoms with Gasteiger partial charge in [0.25, 0.3) is 0 Å². The summed E-state index contributed by atoms with van der Waals surface area (Å²) in [6.07, 6.45) is 0. The summed E-state index contributed by atoms with van der Waals surface area (Å²) in [7, 11) is -3.67. The average Bonchev–Trinajstić information content (AvgIpc) is 2.69. The van der Waals surface area contributed by atoms with Crippen LogP contribution >= 0.6 is 15.9 Å². The molecule has 1 aromatic heterocycles. The number of aryl methyl sites for hydroxylation is 1. The van der Waals surface area contributed by atoms with Gasteiger partial charge in [0.2, 0.25) is 16.0 Å². The molecule has 1 aliphatic rings. The van der Waals surface area contributed by atoms with Crippen molar-refractivity contribution in [3.05, 3.63) is 34.4 Å². The smallest absolute Gasteiger partial charge is 0.246 e. The summed E-state index contributed by atoms with van der Waals surface area (Å²) in [5, 5.41) is 3.20. The van der Waals surface area contributed by atoms with Gasteiger partial charge in [0.15, 0.2) is 0 Å². The van der Waals surface area contributed by atoms with Gasteiger partial charge in [-0.3, -0.25) is 0 Å². The minimum atomic E-state index is -3.67. The molecule has 1 fully saturated rings. The summed E-state index contributed by atoms with van der Waals surface area (Å²) in [6.45, 7) is 8.70. The first kappa shape index (κ1) is 21.8. The molecule has 29 heavy (non-hydrogen) atoms. The van der Waals surface area contributed by atoms with Crippen molar-refractivity contribution in [1.82, 2.24) is 14.3 Å². The Labute approximate surface area is 180 Å². The minimum Gasteiger partial charge on any atom is -0.492 e. The number of anilines is 2. The Bertz CT molecular complexity index is 962. The Morgan fingerprint density at radius 1 is 1.14 bits per heavy atom. The van der Waals surface area contributed by atoms with E-state index in [1.807, 2.05) is 31.7 Å². The second-order valence-corrected chi connectivity index (χ2v) is 9.46. The van der Waals surface area contributed by atoms with Crippen LogP contribution < -0.4 is 15.0 Å². The van der Waals surface area contributed by atoms with E-state index in [2.05, 4.69) is 31.2 Å². The zero-order valence-corrected chi connectivity index (χ0v) is 19.3. The van der Waals surface area contributed by atoms with Gasteiger partial charge in [-0.25, -0.2) is 13.4 Å². The first-order valence-electron chi connectivity index (χ1n) is 9.62. The predicted octanol–water partition coefficient (Wildman–Crippen LogP) is 2.89. The highest BCUT2D eigenvalue weighted by molar-refractivity contribution is 9.10. The zero-order chi connectivity index (χ0) is 21.0. The summed E-state index contributed by atoms with van der Waals surface area (Å²) < 4.78 is 34.2. The molecule has 1 N–H and O–H groups in total. The fourth-order valence-electron chi connectivity index (χ4n) is 3.19. The Hall–Kier alpha value is -1.91. The van der Waals surface area contributed by atoms with Crippen molar-refractivity contribution in [3.8, 4) is 5.75 Å². The number of nitrogens with zero attached hydrogens (tertiary/aromatic N) is 4. The molecule has 158 valence electrons. The number of hydrogen-bond acceptors (Lipinski definition) is 7. The van der Waals surface area contributed by atoms with Crippen LogP contribution in [0.3, 0.4) is 0 Å². The largest absolute Gasteiger partial charge is 0.492 e. The van der Waals surface area contributed by atoms with Crippen LogP contribution in [0.5, 0.6) is 5.75 Å². The summed E-state index contributed by atoms with van der Waals surface area (Å²) in [4.78, 5) is 11.3. The van der Waals surface area contributed by atoms with Gasteiger partial charge in [0.1, 0.15) is 16.5 Å². The van der Waals surface area contributed by atoms with E-state index in [1.165, 1.54) is 4.31 Å². The van der Waals surface area contributed by atoms with Crippen LogP contribution in [0.2, 0.25) is 0 Å². The van der Waals surface area contributed by atoms with Gasteiger partial charge in [-0.15, -0.1) is 0 Å². The molecular weight excluding hydrogens is 458 g/mol. The monoisotopic (exact) mass is 483 g/mol. The average molecular weight is 484 g/mol. The Morgan fingerprint density at radius 2 is 1.86 bits per heavy atom. The molecule has 1 aromatic carbocycles. The number of halogens is 1. The van der Waals surface area contributed by atoms with E-state index < -0.39 is 10.0 Å². The Kier molecular flexibility index (Phi) is 6.97. The van der Waals surface area contributed by atoms with E-state index in [0.717, 1.165) is 18.1 Å². The summed E-state index contributed by atoms with van der Waals surface area (Å²) in [5.41, 5.74) is 0.872. The molecule has 2 aromatic rings. The van der Waals surface area contributed by atoms with Crippen molar-refractivity contribution >= 4 is 37.7 Å². The lowest BCUT2D eigenvalue weighted by Crippen LogP contribution is -2.49. The Balaban J connectivity index is 1.78. The molecule has 0 radical (unpaired) electrons. The maximum atomic E-state index is 13.2. The number of sulfonamides is 1. The maximum Gasteiger partial charge on any atom is 0.246 e. The maximum absolute atomic E-state index is 13.2. The third-order valence-electron chi connectivity index (χ3n) is 4.55. The van der Waals surface area contributed by atoms with E-state index in [-0.39, 0.29) is 4.90 Å². The van der Waals surface area contributed by atoms with Crippen molar-refractivity contribution in [1.29, 1.82) is 0 Å². The molecule has 0 unspecified atom stereocenters.